The Hall–Kier alpha value is -0.540. The average molecular weight is 214 g/mol. The van der Waals surface area contributed by atoms with Crippen LogP contribution in [0.25, 0.3) is 0 Å². The van der Waals surface area contributed by atoms with Crippen molar-refractivity contribution in [1.29, 1.82) is 0 Å². The van der Waals surface area contributed by atoms with Gasteiger partial charge in [0.2, 0.25) is 0 Å². The summed E-state index contributed by atoms with van der Waals surface area (Å²) in [5.41, 5.74) is 0. The van der Waals surface area contributed by atoms with Crippen molar-refractivity contribution in [2.75, 3.05) is 13.2 Å². The van der Waals surface area contributed by atoms with Gasteiger partial charge in [-0.05, 0) is 26.7 Å². The number of hydrogen-bond acceptors (Lipinski definition) is 3. The van der Waals surface area contributed by atoms with E-state index < -0.39 is 0 Å². The van der Waals surface area contributed by atoms with Crippen molar-refractivity contribution < 1.29 is 14.2 Å². The van der Waals surface area contributed by atoms with Crippen LogP contribution in [-0.2, 0) is 14.2 Å². The van der Waals surface area contributed by atoms with Crippen LogP contribution in [-0.4, -0.2) is 31.5 Å². The van der Waals surface area contributed by atoms with Gasteiger partial charge < -0.3 is 14.2 Å². The summed E-state index contributed by atoms with van der Waals surface area (Å²) in [5.74, 6) is 0. The highest BCUT2D eigenvalue weighted by atomic mass is 16.5. The fourth-order valence-electron chi connectivity index (χ4n) is 2.12. The Morgan fingerprint density at radius 1 is 1.13 bits per heavy atom. The van der Waals surface area contributed by atoms with Crippen LogP contribution in [0.1, 0.15) is 33.1 Å². The standard InChI is InChI=1S/C12H22O3/c1-4-13-10-7-8-11(14-5-2)12(9-10)15-6-3/h4,10-12H,1,5-9H2,2-3H3. The molecule has 1 saturated carbocycles. The first-order valence-electron chi connectivity index (χ1n) is 5.81. The Morgan fingerprint density at radius 3 is 2.40 bits per heavy atom. The number of hydrogen-bond donors (Lipinski definition) is 0. The van der Waals surface area contributed by atoms with Crippen LogP contribution in [0.4, 0.5) is 0 Å². The third-order valence-electron chi connectivity index (χ3n) is 2.73. The predicted molar refractivity (Wildman–Crippen MR) is 59.7 cm³/mol. The van der Waals surface area contributed by atoms with Gasteiger partial charge in [-0.15, -0.1) is 0 Å². The Morgan fingerprint density at radius 2 is 1.80 bits per heavy atom. The molecule has 0 aromatic heterocycles. The lowest BCUT2D eigenvalue weighted by atomic mass is 9.92. The third kappa shape index (κ3) is 3.84. The Labute approximate surface area is 92.4 Å². The first-order chi connectivity index (χ1) is 7.31. The maximum Gasteiger partial charge on any atom is 0.100 e. The third-order valence-corrected chi connectivity index (χ3v) is 2.73. The van der Waals surface area contributed by atoms with E-state index in [-0.39, 0.29) is 18.3 Å². The minimum atomic E-state index is 0.175. The van der Waals surface area contributed by atoms with Gasteiger partial charge in [-0.1, -0.05) is 6.58 Å². The van der Waals surface area contributed by atoms with Crippen molar-refractivity contribution in [3.63, 3.8) is 0 Å². The van der Waals surface area contributed by atoms with Gasteiger partial charge in [0.05, 0.1) is 18.5 Å². The zero-order valence-corrected chi connectivity index (χ0v) is 9.78. The van der Waals surface area contributed by atoms with E-state index >= 15 is 0 Å². The van der Waals surface area contributed by atoms with Gasteiger partial charge in [0.1, 0.15) is 6.10 Å². The van der Waals surface area contributed by atoms with Crippen LogP contribution in [0.15, 0.2) is 12.8 Å². The fourth-order valence-corrected chi connectivity index (χ4v) is 2.12. The molecule has 0 aliphatic heterocycles. The van der Waals surface area contributed by atoms with Crippen molar-refractivity contribution >= 4 is 0 Å². The molecule has 1 rings (SSSR count). The Bertz CT molecular complexity index is 182. The second-order valence-corrected chi connectivity index (χ2v) is 3.73. The van der Waals surface area contributed by atoms with Gasteiger partial charge in [-0.3, -0.25) is 0 Å². The summed E-state index contributed by atoms with van der Waals surface area (Å²) in [6, 6.07) is 0. The Balaban J connectivity index is 2.44. The molecule has 0 aromatic rings. The largest absolute Gasteiger partial charge is 0.499 e. The minimum Gasteiger partial charge on any atom is -0.499 e. The van der Waals surface area contributed by atoms with Crippen molar-refractivity contribution in [3.05, 3.63) is 12.8 Å². The minimum absolute atomic E-state index is 0.175. The van der Waals surface area contributed by atoms with Crippen molar-refractivity contribution in [2.45, 2.75) is 51.4 Å². The fraction of sp³-hybridized carbons (Fsp3) is 0.833. The highest BCUT2D eigenvalue weighted by molar-refractivity contribution is 4.83. The van der Waals surface area contributed by atoms with Crippen LogP contribution < -0.4 is 0 Å². The molecule has 3 unspecified atom stereocenters. The van der Waals surface area contributed by atoms with E-state index in [0.29, 0.717) is 0 Å². The quantitative estimate of drug-likeness (QED) is 0.636. The molecule has 15 heavy (non-hydrogen) atoms. The van der Waals surface area contributed by atoms with E-state index in [2.05, 4.69) is 6.58 Å². The smallest absolute Gasteiger partial charge is 0.100 e. The molecule has 0 bridgehead atoms. The van der Waals surface area contributed by atoms with E-state index in [1.807, 2.05) is 13.8 Å². The zero-order valence-electron chi connectivity index (χ0n) is 9.78. The van der Waals surface area contributed by atoms with Crippen molar-refractivity contribution in [3.8, 4) is 0 Å². The van der Waals surface area contributed by atoms with E-state index in [4.69, 9.17) is 14.2 Å². The normalized spacial score (nSPS) is 31.2. The summed E-state index contributed by atoms with van der Waals surface area (Å²) in [6.07, 6.45) is 5.13. The zero-order chi connectivity index (χ0) is 11.1. The molecule has 0 saturated heterocycles. The molecule has 1 aliphatic rings. The van der Waals surface area contributed by atoms with E-state index in [0.717, 1.165) is 32.5 Å². The van der Waals surface area contributed by atoms with Crippen molar-refractivity contribution in [1.82, 2.24) is 0 Å². The summed E-state index contributed by atoms with van der Waals surface area (Å²) < 4.78 is 16.8. The van der Waals surface area contributed by atoms with Crippen LogP contribution in [0.3, 0.4) is 0 Å². The topological polar surface area (TPSA) is 27.7 Å². The molecule has 0 spiro atoms. The molecule has 0 heterocycles. The second kappa shape index (κ2) is 6.85. The maximum atomic E-state index is 5.69. The molecule has 0 aromatic carbocycles. The summed E-state index contributed by atoms with van der Waals surface area (Å²) in [4.78, 5) is 0. The highest BCUT2D eigenvalue weighted by Gasteiger charge is 2.31. The van der Waals surface area contributed by atoms with Gasteiger partial charge in [0.25, 0.3) is 0 Å². The predicted octanol–water partition coefficient (Wildman–Crippen LogP) is 2.51. The lowest BCUT2D eigenvalue weighted by molar-refractivity contribution is -0.111. The lowest BCUT2D eigenvalue weighted by Crippen LogP contribution is -2.40. The molecule has 1 fully saturated rings. The average Bonchev–Trinajstić information content (AvgIpc) is 2.23. The molecule has 3 nitrogen and oxygen atoms in total. The van der Waals surface area contributed by atoms with Crippen molar-refractivity contribution in [2.24, 2.45) is 0 Å². The molecular formula is C12H22O3. The second-order valence-electron chi connectivity index (χ2n) is 3.73. The van der Waals surface area contributed by atoms with E-state index in [1.54, 1.807) is 0 Å². The van der Waals surface area contributed by atoms with Gasteiger partial charge in [0.15, 0.2) is 0 Å². The lowest BCUT2D eigenvalue weighted by Gasteiger charge is -2.34. The molecule has 3 atom stereocenters. The van der Waals surface area contributed by atoms with E-state index in [1.165, 1.54) is 6.26 Å². The summed E-state index contributed by atoms with van der Waals surface area (Å²) >= 11 is 0. The number of ether oxygens (including phenoxy) is 3. The van der Waals surface area contributed by atoms with Crippen LogP contribution >= 0.6 is 0 Å². The highest BCUT2D eigenvalue weighted by Crippen LogP contribution is 2.26. The van der Waals surface area contributed by atoms with Crippen LogP contribution in [0, 0.1) is 0 Å². The first kappa shape index (κ1) is 12.5. The Kier molecular flexibility index (Phi) is 5.73. The summed E-state index contributed by atoms with van der Waals surface area (Å²) in [5, 5.41) is 0. The summed E-state index contributed by atoms with van der Waals surface area (Å²) in [7, 11) is 0. The SMILES string of the molecule is C=COC1CCC(OCC)C(OCC)C1. The molecular weight excluding hydrogens is 192 g/mol. The van der Waals surface area contributed by atoms with Gasteiger partial charge in [0, 0.05) is 19.6 Å². The van der Waals surface area contributed by atoms with Crippen LogP contribution in [0.2, 0.25) is 0 Å². The van der Waals surface area contributed by atoms with E-state index in [9.17, 15) is 0 Å². The van der Waals surface area contributed by atoms with Crippen LogP contribution in [0.5, 0.6) is 0 Å². The van der Waals surface area contributed by atoms with Gasteiger partial charge >= 0.3 is 0 Å². The van der Waals surface area contributed by atoms with Gasteiger partial charge in [-0.25, -0.2) is 0 Å². The summed E-state index contributed by atoms with van der Waals surface area (Å²) in [6.45, 7) is 9.11. The molecule has 0 amide bonds. The van der Waals surface area contributed by atoms with Gasteiger partial charge in [-0.2, -0.15) is 0 Å². The molecule has 0 radical (unpaired) electrons. The molecule has 88 valence electrons. The monoisotopic (exact) mass is 214 g/mol. The first-order valence-corrected chi connectivity index (χ1v) is 5.81. The number of rotatable bonds is 6. The molecule has 3 heteroatoms. The maximum absolute atomic E-state index is 5.69. The molecule has 1 aliphatic carbocycles. The molecule has 0 N–H and O–H groups in total.